The number of hydrogen-bond acceptors (Lipinski definition) is 2. The number of rotatable bonds is 5. The number of unbranched alkanes of at least 4 members (excludes halogenated alkanes) is 2. The Morgan fingerprint density at radius 1 is 1.10 bits per heavy atom. The molecular formula is C18H24FeN2-6. The predicted molar refractivity (Wildman–Crippen MR) is 86.6 cm³/mol. The molecular weight excluding hydrogens is 300 g/mol. The summed E-state index contributed by atoms with van der Waals surface area (Å²) >= 11 is 0. The average molecular weight is 324 g/mol. The van der Waals surface area contributed by atoms with E-state index in [-0.39, 0.29) is 17.1 Å². The Labute approximate surface area is 139 Å². The van der Waals surface area contributed by atoms with Crippen LogP contribution in [0, 0.1) is 0 Å². The monoisotopic (exact) mass is 324 g/mol. The maximum atomic E-state index is 4.58. The molecule has 0 saturated heterocycles. The first-order valence-electron chi connectivity index (χ1n) is 7.60. The Kier molecular flexibility index (Phi) is 8.80. The minimum absolute atomic E-state index is 0. The Bertz CT molecular complexity index is 454. The van der Waals surface area contributed by atoms with Crippen LogP contribution in [0.15, 0.2) is 59.6 Å². The zero-order valence-electron chi connectivity index (χ0n) is 12.7. The van der Waals surface area contributed by atoms with E-state index in [1.165, 1.54) is 30.7 Å². The van der Waals surface area contributed by atoms with Gasteiger partial charge in [0.2, 0.25) is 0 Å². The smallest absolute Gasteiger partial charge is 0.0729 e. The summed E-state index contributed by atoms with van der Waals surface area (Å²) in [5, 5.41) is 0. The molecule has 0 spiro atoms. The summed E-state index contributed by atoms with van der Waals surface area (Å²) in [6.07, 6.45) is 3.90. The summed E-state index contributed by atoms with van der Waals surface area (Å²) in [6.45, 7) is 5.48. The number of aliphatic imine (C=N–C) groups is 1. The van der Waals surface area contributed by atoms with Gasteiger partial charge in [0, 0.05) is 30.2 Å². The first-order chi connectivity index (χ1) is 9.92. The molecule has 3 heteroatoms. The molecule has 1 heterocycles. The normalized spacial score (nSPS) is 13.2. The number of nitrogens with zero attached hydrogens (tertiary/aromatic N) is 2. The van der Waals surface area contributed by atoms with Crippen LogP contribution in [-0.4, -0.2) is 30.4 Å². The molecule has 21 heavy (non-hydrogen) atoms. The third kappa shape index (κ3) is 5.91. The fraction of sp³-hybridized carbons (Fsp3) is 0.389. The molecule has 0 aromatic heterocycles. The van der Waals surface area contributed by atoms with E-state index in [1.807, 2.05) is 30.3 Å². The minimum Gasteiger partial charge on any atom is -0.748 e. The Morgan fingerprint density at radius 2 is 1.71 bits per heavy atom. The quantitative estimate of drug-likeness (QED) is 0.460. The summed E-state index contributed by atoms with van der Waals surface area (Å²) in [4.78, 5) is 7.00. The van der Waals surface area contributed by atoms with E-state index >= 15 is 0 Å². The summed E-state index contributed by atoms with van der Waals surface area (Å²) in [5.74, 6) is 1.20. The predicted octanol–water partition coefficient (Wildman–Crippen LogP) is 4.06. The second kappa shape index (κ2) is 10.4. The van der Waals surface area contributed by atoms with Gasteiger partial charge in [-0.3, -0.25) is 4.99 Å². The van der Waals surface area contributed by atoms with Gasteiger partial charge in [0.05, 0.1) is 12.4 Å². The van der Waals surface area contributed by atoms with E-state index in [9.17, 15) is 0 Å². The van der Waals surface area contributed by atoms with Gasteiger partial charge in [0.15, 0.2) is 0 Å². The second-order valence-corrected chi connectivity index (χ2v) is 5.04. The first kappa shape index (κ1) is 17.7. The van der Waals surface area contributed by atoms with Gasteiger partial charge in [-0.1, -0.05) is 25.3 Å². The van der Waals surface area contributed by atoms with Gasteiger partial charge < -0.3 is 35.2 Å². The maximum absolute atomic E-state index is 4.58. The van der Waals surface area contributed by atoms with E-state index in [0.717, 1.165) is 19.6 Å². The van der Waals surface area contributed by atoms with Crippen LogP contribution in [0.25, 0.3) is 0 Å². The van der Waals surface area contributed by atoms with Crippen molar-refractivity contribution >= 4 is 5.84 Å². The first-order valence-corrected chi connectivity index (χ1v) is 7.60. The van der Waals surface area contributed by atoms with Crippen molar-refractivity contribution < 1.29 is 17.1 Å². The summed E-state index contributed by atoms with van der Waals surface area (Å²) < 4.78 is 0. The molecule has 3 rings (SSSR count). The molecule has 1 aliphatic heterocycles. The topological polar surface area (TPSA) is 15.6 Å². The average Bonchev–Trinajstić information content (AvgIpc) is 3.22. The Hall–Kier alpha value is -1.31. The summed E-state index contributed by atoms with van der Waals surface area (Å²) in [6, 6.07) is 18.5. The standard InChI is InChI=1S/C13H19N2.C5H5.Fe/c1-2-3-6-10-15-11-9-14-13(15)12-7-4-5-8-12;1-2-4-5-3-1;/h4-5,7-8H,2-3,6,9-11H2,1H3;1-5H;/q-1;-5;. The van der Waals surface area contributed by atoms with Gasteiger partial charge in [-0.15, -0.1) is 0 Å². The van der Waals surface area contributed by atoms with E-state index in [1.54, 1.807) is 0 Å². The Balaban J connectivity index is 0.000000313. The van der Waals surface area contributed by atoms with Crippen LogP contribution in [0.4, 0.5) is 0 Å². The van der Waals surface area contributed by atoms with Crippen molar-refractivity contribution in [2.45, 2.75) is 26.2 Å². The van der Waals surface area contributed by atoms with Crippen LogP contribution in [0.2, 0.25) is 0 Å². The molecule has 2 nitrogen and oxygen atoms in total. The van der Waals surface area contributed by atoms with Crippen LogP contribution < -0.4 is 0 Å². The van der Waals surface area contributed by atoms with Crippen molar-refractivity contribution in [1.29, 1.82) is 0 Å². The second-order valence-electron chi connectivity index (χ2n) is 5.04. The number of hydrogen-bond donors (Lipinski definition) is 0. The zero-order valence-corrected chi connectivity index (χ0v) is 13.8. The van der Waals surface area contributed by atoms with Gasteiger partial charge in [0.25, 0.3) is 0 Å². The molecule has 2 aromatic carbocycles. The van der Waals surface area contributed by atoms with Crippen molar-refractivity contribution in [2.24, 2.45) is 4.99 Å². The van der Waals surface area contributed by atoms with Crippen molar-refractivity contribution in [2.75, 3.05) is 19.6 Å². The maximum Gasteiger partial charge on any atom is 0.0729 e. The Morgan fingerprint density at radius 3 is 2.29 bits per heavy atom. The van der Waals surface area contributed by atoms with E-state index < -0.39 is 0 Å². The van der Waals surface area contributed by atoms with Crippen molar-refractivity contribution in [3.63, 3.8) is 0 Å². The molecule has 0 radical (unpaired) electrons. The van der Waals surface area contributed by atoms with Gasteiger partial charge in [-0.05, 0) is 6.42 Å². The van der Waals surface area contributed by atoms with Gasteiger partial charge >= 0.3 is 0 Å². The third-order valence-electron chi connectivity index (χ3n) is 3.44. The van der Waals surface area contributed by atoms with E-state index in [2.05, 4.69) is 41.1 Å². The molecule has 0 fully saturated rings. The van der Waals surface area contributed by atoms with Gasteiger partial charge in [-0.2, -0.15) is 12.1 Å². The van der Waals surface area contributed by atoms with Gasteiger partial charge in [0.1, 0.15) is 0 Å². The fourth-order valence-corrected chi connectivity index (χ4v) is 2.37. The van der Waals surface area contributed by atoms with Crippen LogP contribution in [-0.2, 0) is 17.1 Å². The largest absolute Gasteiger partial charge is 0.748 e. The molecule has 0 aliphatic carbocycles. The molecule has 0 unspecified atom stereocenters. The molecule has 0 atom stereocenters. The molecule has 2 aromatic rings. The van der Waals surface area contributed by atoms with Crippen molar-refractivity contribution in [3.8, 4) is 0 Å². The van der Waals surface area contributed by atoms with Crippen LogP contribution in [0.5, 0.6) is 0 Å². The summed E-state index contributed by atoms with van der Waals surface area (Å²) in [5.41, 5.74) is 1.28. The SMILES string of the molecule is CCCCCN1CCN=C1[c-]1cccc1.[Fe].[cH-]1[cH-][cH-][cH-][cH-]1. The minimum atomic E-state index is 0. The fourth-order valence-electron chi connectivity index (χ4n) is 2.37. The van der Waals surface area contributed by atoms with Crippen LogP contribution in [0.3, 0.4) is 0 Å². The zero-order chi connectivity index (χ0) is 14.0. The van der Waals surface area contributed by atoms with Crippen LogP contribution >= 0.6 is 0 Å². The molecule has 0 bridgehead atoms. The summed E-state index contributed by atoms with van der Waals surface area (Å²) in [7, 11) is 0. The van der Waals surface area contributed by atoms with Gasteiger partial charge in [-0.25, -0.2) is 12.1 Å². The van der Waals surface area contributed by atoms with Crippen molar-refractivity contribution in [1.82, 2.24) is 4.90 Å². The molecule has 0 N–H and O–H groups in total. The van der Waals surface area contributed by atoms with Crippen LogP contribution in [0.1, 0.15) is 31.7 Å². The number of amidine groups is 1. The molecule has 1 aliphatic rings. The van der Waals surface area contributed by atoms with Crippen molar-refractivity contribution in [3.05, 3.63) is 60.2 Å². The molecule has 0 amide bonds. The van der Waals surface area contributed by atoms with E-state index in [0.29, 0.717) is 0 Å². The molecule has 120 valence electrons. The molecule has 0 saturated carbocycles. The van der Waals surface area contributed by atoms with E-state index in [4.69, 9.17) is 0 Å². The third-order valence-corrected chi connectivity index (χ3v) is 3.44.